The summed E-state index contributed by atoms with van der Waals surface area (Å²) in [5.41, 5.74) is 2.40. The minimum absolute atomic E-state index is 0.145. The van der Waals surface area contributed by atoms with E-state index in [9.17, 15) is 9.59 Å². The number of fused-ring (bicyclic) bond motifs is 1. The highest BCUT2D eigenvalue weighted by atomic mass is 16.5. The molecule has 0 bridgehead atoms. The van der Waals surface area contributed by atoms with Crippen molar-refractivity contribution >= 4 is 17.6 Å². The zero-order chi connectivity index (χ0) is 20.4. The van der Waals surface area contributed by atoms with Gasteiger partial charge in [0.1, 0.15) is 5.75 Å². The Morgan fingerprint density at radius 1 is 1.10 bits per heavy atom. The van der Waals surface area contributed by atoms with E-state index in [4.69, 9.17) is 4.74 Å². The van der Waals surface area contributed by atoms with Gasteiger partial charge in [0.2, 0.25) is 5.95 Å². The summed E-state index contributed by atoms with van der Waals surface area (Å²) in [6, 6.07) is 16.4. The second kappa shape index (κ2) is 7.59. The molecule has 2 heterocycles. The first-order chi connectivity index (χ1) is 14.0. The van der Waals surface area contributed by atoms with Crippen molar-refractivity contribution in [3.05, 3.63) is 87.3 Å². The average molecular weight is 389 g/mol. The third-order valence-electron chi connectivity index (χ3n) is 4.60. The molecule has 29 heavy (non-hydrogen) atoms. The molecule has 0 aliphatic heterocycles. The van der Waals surface area contributed by atoms with Gasteiger partial charge in [-0.15, -0.1) is 0 Å². The van der Waals surface area contributed by atoms with E-state index in [1.807, 2.05) is 30.3 Å². The number of aromatic amines is 1. The predicted octanol–water partition coefficient (Wildman–Crippen LogP) is 2.58. The molecule has 0 fully saturated rings. The maximum absolute atomic E-state index is 12.9. The van der Waals surface area contributed by atoms with Crippen molar-refractivity contribution in [2.75, 3.05) is 12.4 Å². The number of hydrogen-bond donors (Lipinski definition) is 2. The van der Waals surface area contributed by atoms with E-state index in [2.05, 4.69) is 20.4 Å². The van der Waals surface area contributed by atoms with Gasteiger partial charge in [-0.05, 0) is 36.8 Å². The van der Waals surface area contributed by atoms with Crippen molar-refractivity contribution in [2.24, 2.45) is 0 Å². The number of benzene rings is 2. The Hall–Kier alpha value is -3.94. The third-order valence-corrected chi connectivity index (χ3v) is 4.60. The highest BCUT2D eigenvalue weighted by Gasteiger charge is 2.15. The number of amides is 1. The first-order valence-electron chi connectivity index (χ1n) is 9.03. The Morgan fingerprint density at radius 2 is 1.83 bits per heavy atom. The van der Waals surface area contributed by atoms with Crippen molar-refractivity contribution in [2.45, 2.75) is 13.3 Å². The molecule has 0 saturated heterocycles. The van der Waals surface area contributed by atoms with Crippen LogP contribution in [0.15, 0.2) is 59.4 Å². The van der Waals surface area contributed by atoms with Crippen LogP contribution in [0.1, 0.15) is 27.2 Å². The fraction of sp³-hybridized carbons (Fsp3) is 0.143. The van der Waals surface area contributed by atoms with Gasteiger partial charge < -0.3 is 4.74 Å². The zero-order valence-electron chi connectivity index (χ0n) is 16.0. The van der Waals surface area contributed by atoms with Gasteiger partial charge in [0.05, 0.1) is 12.8 Å². The van der Waals surface area contributed by atoms with Crippen molar-refractivity contribution in [3.8, 4) is 5.75 Å². The van der Waals surface area contributed by atoms with Gasteiger partial charge in [-0.25, -0.2) is 4.98 Å². The largest absolute Gasteiger partial charge is 0.497 e. The van der Waals surface area contributed by atoms with E-state index >= 15 is 0 Å². The highest BCUT2D eigenvalue weighted by Crippen LogP contribution is 2.13. The van der Waals surface area contributed by atoms with Gasteiger partial charge >= 0.3 is 0 Å². The van der Waals surface area contributed by atoms with Gasteiger partial charge in [-0.2, -0.15) is 9.50 Å². The lowest BCUT2D eigenvalue weighted by Gasteiger charge is -2.04. The quantitative estimate of drug-likeness (QED) is 0.546. The number of H-pyrrole nitrogens is 1. The third kappa shape index (κ3) is 3.73. The summed E-state index contributed by atoms with van der Waals surface area (Å²) in [4.78, 5) is 34.0. The summed E-state index contributed by atoms with van der Waals surface area (Å²) in [5, 5.41) is 5.47. The molecule has 2 N–H and O–H groups in total. The number of nitrogens with one attached hydrogen (secondary N) is 2. The number of aryl methyl sites for hydroxylation is 1. The number of ether oxygens (including phenoxy) is 1. The fourth-order valence-corrected chi connectivity index (χ4v) is 3.04. The van der Waals surface area contributed by atoms with E-state index < -0.39 is 0 Å². The van der Waals surface area contributed by atoms with Crippen LogP contribution in [0.3, 0.4) is 0 Å². The lowest BCUT2D eigenvalue weighted by Crippen LogP contribution is -2.22. The van der Waals surface area contributed by atoms with Crippen molar-refractivity contribution in [1.29, 1.82) is 0 Å². The van der Waals surface area contributed by atoms with Gasteiger partial charge in [0.15, 0.2) is 0 Å². The zero-order valence-corrected chi connectivity index (χ0v) is 16.0. The van der Waals surface area contributed by atoms with Crippen LogP contribution in [0.2, 0.25) is 0 Å². The van der Waals surface area contributed by atoms with Crippen LogP contribution >= 0.6 is 0 Å². The normalized spacial score (nSPS) is 10.8. The Morgan fingerprint density at radius 3 is 2.52 bits per heavy atom. The molecule has 0 spiro atoms. The van der Waals surface area contributed by atoms with Crippen LogP contribution in [0.25, 0.3) is 5.78 Å². The van der Waals surface area contributed by atoms with Crippen LogP contribution in [0.5, 0.6) is 5.75 Å². The number of anilines is 1. The molecule has 0 unspecified atom stereocenters. The molecule has 4 aromatic rings. The van der Waals surface area contributed by atoms with Crippen LogP contribution < -0.4 is 15.6 Å². The first-order valence-corrected chi connectivity index (χ1v) is 9.03. The highest BCUT2D eigenvalue weighted by molar-refractivity contribution is 6.03. The molecule has 0 atom stereocenters. The van der Waals surface area contributed by atoms with Crippen LogP contribution in [0.4, 0.5) is 5.95 Å². The maximum atomic E-state index is 12.9. The molecule has 2 aromatic carbocycles. The van der Waals surface area contributed by atoms with Crippen molar-refractivity contribution in [1.82, 2.24) is 19.6 Å². The first kappa shape index (κ1) is 18.4. The van der Waals surface area contributed by atoms with Crippen molar-refractivity contribution < 1.29 is 9.53 Å². The fourth-order valence-electron chi connectivity index (χ4n) is 3.04. The number of carbonyl (C=O) groups excluding carboxylic acids is 1. The summed E-state index contributed by atoms with van der Waals surface area (Å²) in [5.74, 6) is 0.643. The molecule has 0 aliphatic rings. The number of aromatic nitrogens is 4. The second-order valence-electron chi connectivity index (χ2n) is 6.53. The summed E-state index contributed by atoms with van der Waals surface area (Å²) in [6.45, 7) is 1.78. The molecule has 8 heteroatoms. The number of methoxy groups -OCH3 is 1. The Bertz CT molecular complexity index is 1230. The van der Waals surface area contributed by atoms with Gasteiger partial charge in [-0.3, -0.25) is 20.0 Å². The molecule has 146 valence electrons. The van der Waals surface area contributed by atoms with E-state index in [0.717, 1.165) is 5.56 Å². The maximum Gasteiger partial charge on any atom is 0.277 e. The van der Waals surface area contributed by atoms with E-state index in [0.29, 0.717) is 29.0 Å². The minimum Gasteiger partial charge on any atom is -0.497 e. The Labute approximate surface area is 166 Å². The number of hydrogen-bond acceptors (Lipinski definition) is 5. The topological polar surface area (TPSA) is 101 Å². The molecule has 8 nitrogen and oxygen atoms in total. The SMILES string of the molecule is COc1ccc(C(=O)Nc2nc3nc(C)c(Cc4ccccc4)c(=O)n3[nH]2)cc1. The number of nitrogens with zero attached hydrogens (tertiary/aromatic N) is 3. The Balaban J connectivity index is 1.62. The molecule has 4 rings (SSSR count). The molecular weight excluding hydrogens is 370 g/mol. The summed E-state index contributed by atoms with van der Waals surface area (Å²) < 4.78 is 6.33. The van der Waals surface area contributed by atoms with Gasteiger partial charge in [-0.1, -0.05) is 30.3 Å². The molecule has 1 amide bonds. The molecule has 0 radical (unpaired) electrons. The molecule has 2 aromatic heterocycles. The van der Waals surface area contributed by atoms with E-state index in [1.165, 1.54) is 4.52 Å². The lowest BCUT2D eigenvalue weighted by atomic mass is 10.1. The van der Waals surface area contributed by atoms with Gasteiger partial charge in [0.25, 0.3) is 17.2 Å². The predicted molar refractivity (Wildman–Crippen MR) is 109 cm³/mol. The molecule has 0 aliphatic carbocycles. The average Bonchev–Trinajstić information content (AvgIpc) is 3.14. The Kier molecular flexibility index (Phi) is 4.82. The van der Waals surface area contributed by atoms with Crippen LogP contribution in [-0.2, 0) is 6.42 Å². The monoisotopic (exact) mass is 389 g/mol. The molecule has 0 saturated carbocycles. The summed E-state index contributed by atoms with van der Waals surface area (Å²) in [7, 11) is 1.56. The van der Waals surface area contributed by atoms with Gasteiger partial charge in [0, 0.05) is 17.5 Å². The summed E-state index contributed by atoms with van der Waals surface area (Å²) in [6.07, 6.45) is 0.466. The van der Waals surface area contributed by atoms with E-state index in [1.54, 1.807) is 38.3 Å². The number of rotatable bonds is 5. The summed E-state index contributed by atoms with van der Waals surface area (Å²) >= 11 is 0. The minimum atomic E-state index is -0.360. The number of carbonyl (C=O) groups is 1. The lowest BCUT2D eigenvalue weighted by molar-refractivity contribution is 0.102. The second-order valence-corrected chi connectivity index (χ2v) is 6.53. The standard InChI is InChI=1S/C21H19N5O3/c1-13-17(12-14-6-4-3-5-7-14)19(28)26-21(22-13)24-20(25-26)23-18(27)15-8-10-16(29-2)11-9-15/h3-11H,12H2,1-2H3,(H2,22,23,24,25,27). The molecular formula is C21H19N5O3. The van der Waals surface area contributed by atoms with Crippen LogP contribution in [-0.4, -0.2) is 32.6 Å². The van der Waals surface area contributed by atoms with Crippen LogP contribution in [0, 0.1) is 6.92 Å². The van der Waals surface area contributed by atoms with E-state index in [-0.39, 0.29) is 23.2 Å². The van der Waals surface area contributed by atoms with Crippen molar-refractivity contribution in [3.63, 3.8) is 0 Å². The smallest absolute Gasteiger partial charge is 0.277 e.